The van der Waals surface area contributed by atoms with E-state index in [2.05, 4.69) is 6.58 Å². The predicted molar refractivity (Wildman–Crippen MR) is 98.4 cm³/mol. The number of halogens is 2. The van der Waals surface area contributed by atoms with Gasteiger partial charge in [-0.15, -0.1) is 24.2 Å². The van der Waals surface area contributed by atoms with Crippen molar-refractivity contribution in [1.29, 1.82) is 0 Å². The van der Waals surface area contributed by atoms with Gasteiger partial charge in [-0.3, -0.25) is 9.69 Å². The van der Waals surface area contributed by atoms with Gasteiger partial charge in [-0.1, -0.05) is 18.7 Å². The first-order valence-corrected chi connectivity index (χ1v) is 8.66. The quantitative estimate of drug-likeness (QED) is 0.446. The van der Waals surface area contributed by atoms with E-state index in [0.29, 0.717) is 17.1 Å². The number of carbonyl (C=O) groups excluding carboxylic acids is 2. The number of rotatable bonds is 6. The summed E-state index contributed by atoms with van der Waals surface area (Å²) in [6.07, 6.45) is 1.44. The molecular formula is C17H18ClFN2O4S. The minimum Gasteiger partial charge on any atom is -0.489 e. The molecule has 0 aromatic heterocycles. The molecule has 1 fully saturated rings. The van der Waals surface area contributed by atoms with E-state index in [0.717, 1.165) is 0 Å². The summed E-state index contributed by atoms with van der Waals surface area (Å²) in [6, 6.07) is 5.08. The topological polar surface area (TPSA) is 81.9 Å². The molecule has 0 saturated carbocycles. The first-order valence-electron chi connectivity index (χ1n) is 7.61. The number of carbonyl (C=O) groups is 2. The van der Waals surface area contributed by atoms with Crippen molar-refractivity contribution in [3.8, 4) is 5.75 Å². The van der Waals surface area contributed by atoms with Crippen LogP contribution in [-0.4, -0.2) is 47.2 Å². The van der Waals surface area contributed by atoms with E-state index in [1.807, 2.05) is 0 Å². The Hall–Kier alpha value is -2.03. The fourth-order valence-corrected chi connectivity index (χ4v) is 3.88. The lowest BCUT2D eigenvalue weighted by Gasteiger charge is -2.48. The summed E-state index contributed by atoms with van der Waals surface area (Å²) in [5.74, 6) is -0.561. The van der Waals surface area contributed by atoms with Crippen LogP contribution in [0.1, 0.15) is 0 Å². The van der Waals surface area contributed by atoms with Crippen molar-refractivity contribution in [2.45, 2.75) is 11.4 Å². The summed E-state index contributed by atoms with van der Waals surface area (Å²) in [6.45, 7) is 3.57. The highest BCUT2D eigenvalue weighted by atomic mass is 35.5. The molecule has 3 rings (SSSR count). The molecule has 1 amide bonds. The Morgan fingerprint density at radius 2 is 2.27 bits per heavy atom. The van der Waals surface area contributed by atoms with Gasteiger partial charge >= 0.3 is 5.97 Å². The molecule has 2 heterocycles. The van der Waals surface area contributed by atoms with Gasteiger partial charge in [0.25, 0.3) is 0 Å². The van der Waals surface area contributed by atoms with Crippen LogP contribution in [0.4, 0.5) is 4.39 Å². The van der Waals surface area contributed by atoms with E-state index < -0.39 is 17.8 Å². The number of amides is 1. The largest absolute Gasteiger partial charge is 0.489 e. The number of hydrogen-bond donors (Lipinski definition) is 1. The summed E-state index contributed by atoms with van der Waals surface area (Å²) < 4.78 is 23.9. The van der Waals surface area contributed by atoms with Crippen molar-refractivity contribution in [3.05, 3.63) is 54.0 Å². The minimum atomic E-state index is -0.627. The van der Waals surface area contributed by atoms with Gasteiger partial charge in [0, 0.05) is 17.4 Å². The minimum absolute atomic E-state index is 0. The zero-order valence-electron chi connectivity index (χ0n) is 13.7. The third-order valence-corrected chi connectivity index (χ3v) is 5.18. The Morgan fingerprint density at radius 3 is 2.96 bits per heavy atom. The van der Waals surface area contributed by atoms with Crippen molar-refractivity contribution in [2.75, 3.05) is 19.0 Å². The number of ether oxygens (including phenoxy) is 2. The molecule has 1 aromatic carbocycles. The van der Waals surface area contributed by atoms with Gasteiger partial charge in [-0.2, -0.15) is 0 Å². The lowest BCUT2D eigenvalue weighted by atomic mass is 10.0. The fraction of sp³-hybridized carbons (Fsp3) is 0.294. The first-order chi connectivity index (χ1) is 12.0. The molecule has 2 atom stereocenters. The number of β-lactam (4-membered cyclic amide) rings is 1. The number of esters is 1. The zero-order chi connectivity index (χ0) is 18.0. The van der Waals surface area contributed by atoms with Gasteiger partial charge in [0.15, 0.2) is 0 Å². The number of fused-ring (bicyclic) bond motifs is 1. The average molecular weight is 401 g/mol. The number of hydrogen-bond acceptors (Lipinski definition) is 6. The fourth-order valence-electron chi connectivity index (χ4n) is 2.61. The molecule has 0 bridgehead atoms. The Balaban J connectivity index is 0.00000243. The molecule has 140 valence electrons. The normalized spacial score (nSPS) is 21.3. The highest BCUT2D eigenvalue weighted by Crippen LogP contribution is 2.39. The molecule has 2 aliphatic rings. The molecule has 1 unspecified atom stereocenters. The SMILES string of the molecule is C=CCOC(=O)C1=C(COc2cccc(F)c2)CS[C@@H]2C(N)C(=O)N12.Cl. The highest BCUT2D eigenvalue weighted by Gasteiger charge is 2.52. The Labute approximate surface area is 160 Å². The molecule has 9 heteroatoms. The van der Waals surface area contributed by atoms with Crippen LogP contribution in [0.25, 0.3) is 0 Å². The smallest absolute Gasteiger partial charge is 0.355 e. The number of nitrogens with two attached hydrogens (primary N) is 1. The zero-order valence-corrected chi connectivity index (χ0v) is 15.4. The number of thioether (sulfide) groups is 1. The van der Waals surface area contributed by atoms with E-state index >= 15 is 0 Å². The third kappa shape index (κ3) is 3.87. The van der Waals surface area contributed by atoms with E-state index in [-0.39, 0.29) is 42.6 Å². The van der Waals surface area contributed by atoms with E-state index in [1.165, 1.54) is 40.9 Å². The number of benzene rings is 1. The van der Waals surface area contributed by atoms with Crippen LogP contribution >= 0.6 is 24.2 Å². The van der Waals surface area contributed by atoms with Crippen molar-refractivity contribution in [2.24, 2.45) is 5.73 Å². The Bertz CT molecular complexity index is 758. The van der Waals surface area contributed by atoms with Crippen LogP contribution < -0.4 is 10.5 Å². The molecule has 2 aliphatic heterocycles. The van der Waals surface area contributed by atoms with Crippen molar-refractivity contribution in [1.82, 2.24) is 4.90 Å². The van der Waals surface area contributed by atoms with Crippen LogP contribution in [0, 0.1) is 5.82 Å². The van der Waals surface area contributed by atoms with Gasteiger partial charge in [-0.05, 0) is 12.1 Å². The van der Waals surface area contributed by atoms with E-state index in [9.17, 15) is 14.0 Å². The molecule has 0 spiro atoms. The maximum atomic E-state index is 13.2. The summed E-state index contributed by atoms with van der Waals surface area (Å²) in [5.41, 5.74) is 6.55. The first kappa shape index (κ1) is 20.3. The molecule has 0 aliphatic carbocycles. The Kier molecular flexibility index (Phi) is 6.69. The second-order valence-corrected chi connectivity index (χ2v) is 6.63. The van der Waals surface area contributed by atoms with Crippen molar-refractivity contribution < 1.29 is 23.5 Å². The molecule has 2 N–H and O–H groups in total. The van der Waals surface area contributed by atoms with Gasteiger partial charge in [0.1, 0.15) is 41.9 Å². The molecule has 1 aromatic rings. The van der Waals surface area contributed by atoms with Crippen LogP contribution in [-0.2, 0) is 14.3 Å². The lowest BCUT2D eigenvalue weighted by Crippen LogP contribution is -2.68. The van der Waals surface area contributed by atoms with Gasteiger partial charge in [0.2, 0.25) is 5.91 Å². The number of nitrogens with zero attached hydrogens (tertiary/aromatic N) is 1. The molecule has 0 radical (unpaired) electrons. The van der Waals surface area contributed by atoms with Gasteiger partial charge < -0.3 is 15.2 Å². The van der Waals surface area contributed by atoms with Crippen molar-refractivity contribution >= 4 is 36.0 Å². The molecule has 26 heavy (non-hydrogen) atoms. The molecule has 1 saturated heterocycles. The second kappa shape index (κ2) is 8.57. The predicted octanol–water partition coefficient (Wildman–Crippen LogP) is 1.85. The summed E-state index contributed by atoms with van der Waals surface area (Å²) in [5, 5.41) is -0.281. The highest BCUT2D eigenvalue weighted by molar-refractivity contribution is 8.00. The summed E-state index contributed by atoms with van der Waals surface area (Å²) in [7, 11) is 0. The van der Waals surface area contributed by atoms with Gasteiger partial charge in [0.05, 0.1) is 0 Å². The maximum Gasteiger partial charge on any atom is 0.355 e. The standard InChI is InChI=1S/C17H17FN2O4S.ClH/c1-2-6-23-17(22)14-10(8-24-12-5-3-4-11(18)7-12)9-25-16-13(19)15(21)20(14)16;/h2-5,7,13,16H,1,6,8-9,19H2;1H/t13?,16-;/m1./s1. The molecule has 6 nitrogen and oxygen atoms in total. The van der Waals surface area contributed by atoms with E-state index in [1.54, 1.807) is 6.07 Å². The van der Waals surface area contributed by atoms with Gasteiger partial charge in [-0.25, -0.2) is 9.18 Å². The lowest BCUT2D eigenvalue weighted by molar-refractivity contribution is -0.150. The van der Waals surface area contributed by atoms with E-state index in [4.69, 9.17) is 15.2 Å². The van der Waals surface area contributed by atoms with Crippen LogP contribution in [0.3, 0.4) is 0 Å². The maximum absolute atomic E-state index is 13.2. The Morgan fingerprint density at radius 1 is 1.50 bits per heavy atom. The van der Waals surface area contributed by atoms with Crippen LogP contribution in [0.5, 0.6) is 5.75 Å². The summed E-state index contributed by atoms with van der Waals surface area (Å²) >= 11 is 1.46. The average Bonchev–Trinajstić information content (AvgIpc) is 2.63. The monoisotopic (exact) mass is 400 g/mol. The van der Waals surface area contributed by atoms with Crippen LogP contribution in [0.2, 0.25) is 0 Å². The van der Waals surface area contributed by atoms with Crippen molar-refractivity contribution in [3.63, 3.8) is 0 Å². The summed E-state index contributed by atoms with van der Waals surface area (Å²) in [4.78, 5) is 25.8. The molecular weight excluding hydrogens is 383 g/mol. The second-order valence-electron chi connectivity index (χ2n) is 5.52. The van der Waals surface area contributed by atoms with Crippen LogP contribution in [0.15, 0.2) is 48.2 Å². The third-order valence-electron chi connectivity index (χ3n) is 3.82.